The summed E-state index contributed by atoms with van der Waals surface area (Å²) in [4.78, 5) is 0. The first kappa shape index (κ1) is 12.8. The fraction of sp³-hybridized carbons (Fsp3) is 0.750. The van der Waals surface area contributed by atoms with Crippen molar-refractivity contribution < 1.29 is 13.2 Å². The molecule has 0 atom stereocenters. The molecule has 0 aliphatic rings. The summed E-state index contributed by atoms with van der Waals surface area (Å²) in [6, 6.07) is 0. The number of nitrogens with one attached hydrogen (secondary N) is 1. The molecular formula is C8H14F3NS. The minimum Gasteiger partial charge on any atom is -0.316 e. The van der Waals surface area contributed by atoms with Crippen LogP contribution in [0.1, 0.15) is 13.3 Å². The molecule has 0 aromatic carbocycles. The zero-order valence-electron chi connectivity index (χ0n) is 7.58. The molecule has 0 radical (unpaired) electrons. The van der Waals surface area contributed by atoms with Crippen LogP contribution in [-0.4, -0.2) is 24.4 Å². The second kappa shape index (κ2) is 6.32. The van der Waals surface area contributed by atoms with E-state index < -0.39 is 5.51 Å². The van der Waals surface area contributed by atoms with Gasteiger partial charge in [-0.3, -0.25) is 0 Å². The molecule has 13 heavy (non-hydrogen) atoms. The zero-order chi connectivity index (χ0) is 10.3. The molecule has 0 aromatic heterocycles. The summed E-state index contributed by atoms with van der Waals surface area (Å²) in [7, 11) is 0. The predicted octanol–water partition coefficient (Wildman–Crippen LogP) is 2.80. The standard InChI is InChI=1S/C8H14F3NS/c1-7(2)3-4-12-5-6-13-8(9,10)11/h12H,1,3-6H2,2H3. The van der Waals surface area contributed by atoms with Crippen LogP contribution in [0.25, 0.3) is 0 Å². The van der Waals surface area contributed by atoms with Crippen molar-refractivity contribution in [3.05, 3.63) is 12.2 Å². The van der Waals surface area contributed by atoms with E-state index in [4.69, 9.17) is 0 Å². The molecule has 0 fully saturated rings. The second-order valence-corrected chi connectivity index (χ2v) is 3.91. The van der Waals surface area contributed by atoms with E-state index >= 15 is 0 Å². The molecule has 0 aliphatic carbocycles. The maximum absolute atomic E-state index is 11.6. The van der Waals surface area contributed by atoms with Gasteiger partial charge in [0.05, 0.1) is 0 Å². The van der Waals surface area contributed by atoms with E-state index in [0.29, 0.717) is 13.1 Å². The van der Waals surface area contributed by atoms with E-state index in [9.17, 15) is 13.2 Å². The third-order valence-electron chi connectivity index (χ3n) is 1.27. The second-order valence-electron chi connectivity index (χ2n) is 2.75. The summed E-state index contributed by atoms with van der Waals surface area (Å²) in [6.45, 7) is 6.67. The highest BCUT2D eigenvalue weighted by molar-refractivity contribution is 8.00. The average molecular weight is 213 g/mol. The van der Waals surface area contributed by atoms with Crippen LogP contribution in [0.15, 0.2) is 12.2 Å². The van der Waals surface area contributed by atoms with Crippen molar-refractivity contribution in [1.82, 2.24) is 5.32 Å². The van der Waals surface area contributed by atoms with Crippen molar-refractivity contribution in [3.8, 4) is 0 Å². The van der Waals surface area contributed by atoms with Gasteiger partial charge in [-0.05, 0) is 31.7 Å². The number of hydrogen-bond acceptors (Lipinski definition) is 2. The maximum atomic E-state index is 11.6. The Kier molecular flexibility index (Phi) is 6.24. The van der Waals surface area contributed by atoms with Crippen LogP contribution in [0, 0.1) is 0 Å². The van der Waals surface area contributed by atoms with Crippen LogP contribution in [0.5, 0.6) is 0 Å². The summed E-state index contributed by atoms with van der Waals surface area (Å²) in [5.41, 5.74) is -3.06. The average Bonchev–Trinajstić information content (AvgIpc) is 1.93. The van der Waals surface area contributed by atoms with Crippen LogP contribution in [0.3, 0.4) is 0 Å². The Morgan fingerprint density at radius 1 is 1.38 bits per heavy atom. The SMILES string of the molecule is C=C(C)CCNCCSC(F)(F)F. The van der Waals surface area contributed by atoms with Gasteiger partial charge in [0.15, 0.2) is 0 Å². The Morgan fingerprint density at radius 3 is 2.46 bits per heavy atom. The van der Waals surface area contributed by atoms with E-state index in [2.05, 4.69) is 11.9 Å². The van der Waals surface area contributed by atoms with Crippen molar-refractivity contribution in [1.29, 1.82) is 0 Å². The first-order chi connectivity index (χ1) is 5.92. The molecular weight excluding hydrogens is 199 g/mol. The quantitative estimate of drug-likeness (QED) is 0.538. The molecule has 1 N–H and O–H groups in total. The van der Waals surface area contributed by atoms with Crippen molar-refractivity contribution in [2.75, 3.05) is 18.8 Å². The molecule has 0 rings (SSSR count). The van der Waals surface area contributed by atoms with Crippen LogP contribution >= 0.6 is 11.8 Å². The molecule has 1 nitrogen and oxygen atoms in total. The lowest BCUT2D eigenvalue weighted by atomic mass is 10.2. The summed E-state index contributed by atoms with van der Waals surface area (Å²) in [5, 5.41) is 2.91. The van der Waals surface area contributed by atoms with Gasteiger partial charge in [0.1, 0.15) is 0 Å². The highest BCUT2D eigenvalue weighted by atomic mass is 32.2. The summed E-state index contributed by atoms with van der Waals surface area (Å²) < 4.78 is 34.8. The van der Waals surface area contributed by atoms with E-state index in [-0.39, 0.29) is 17.5 Å². The number of halogens is 3. The fourth-order valence-corrected chi connectivity index (χ4v) is 1.14. The van der Waals surface area contributed by atoms with E-state index in [1.165, 1.54) is 0 Å². The van der Waals surface area contributed by atoms with Gasteiger partial charge in [0, 0.05) is 12.3 Å². The molecule has 0 spiro atoms. The summed E-state index contributed by atoms with van der Waals surface area (Å²) in [6.07, 6.45) is 0.816. The number of alkyl halides is 3. The van der Waals surface area contributed by atoms with Crippen LogP contribution in [-0.2, 0) is 0 Å². The lowest BCUT2D eigenvalue weighted by molar-refractivity contribution is -0.0327. The highest BCUT2D eigenvalue weighted by Crippen LogP contribution is 2.29. The molecule has 78 valence electrons. The van der Waals surface area contributed by atoms with Gasteiger partial charge in [-0.15, -0.1) is 6.58 Å². The Hall–Kier alpha value is -0.160. The minimum absolute atomic E-state index is 0.00748. The summed E-state index contributed by atoms with van der Waals surface area (Å²) in [5.74, 6) is 0.0691. The Bertz CT molecular complexity index is 156. The molecule has 5 heteroatoms. The smallest absolute Gasteiger partial charge is 0.316 e. The van der Waals surface area contributed by atoms with Gasteiger partial charge in [-0.1, -0.05) is 5.57 Å². The normalized spacial score (nSPS) is 11.7. The van der Waals surface area contributed by atoms with Crippen molar-refractivity contribution in [2.24, 2.45) is 0 Å². The molecule has 0 bridgehead atoms. The highest BCUT2D eigenvalue weighted by Gasteiger charge is 2.27. The monoisotopic (exact) mass is 213 g/mol. The summed E-state index contributed by atoms with van der Waals surface area (Å²) >= 11 is 0.00748. The first-order valence-electron chi connectivity index (χ1n) is 3.97. The van der Waals surface area contributed by atoms with Crippen LogP contribution < -0.4 is 5.32 Å². The van der Waals surface area contributed by atoms with Gasteiger partial charge in [0.25, 0.3) is 0 Å². The Morgan fingerprint density at radius 2 is 2.00 bits per heavy atom. The van der Waals surface area contributed by atoms with Gasteiger partial charge >= 0.3 is 5.51 Å². The molecule has 0 saturated carbocycles. The molecule has 0 amide bonds. The minimum atomic E-state index is -4.10. The number of hydrogen-bond donors (Lipinski definition) is 1. The van der Waals surface area contributed by atoms with Gasteiger partial charge in [-0.2, -0.15) is 13.2 Å². The lowest BCUT2D eigenvalue weighted by Gasteiger charge is -2.06. The Labute approximate surface area is 80.8 Å². The molecule has 0 heterocycles. The Balaban J connectivity index is 3.13. The largest absolute Gasteiger partial charge is 0.441 e. The topological polar surface area (TPSA) is 12.0 Å². The third-order valence-corrected chi connectivity index (χ3v) is 2.01. The van der Waals surface area contributed by atoms with E-state index in [0.717, 1.165) is 12.0 Å². The molecule has 0 aromatic rings. The fourth-order valence-electron chi connectivity index (χ4n) is 0.666. The van der Waals surface area contributed by atoms with Crippen LogP contribution in [0.2, 0.25) is 0 Å². The molecule has 0 saturated heterocycles. The maximum Gasteiger partial charge on any atom is 0.441 e. The van der Waals surface area contributed by atoms with Gasteiger partial charge in [0.2, 0.25) is 0 Å². The van der Waals surface area contributed by atoms with Crippen molar-refractivity contribution in [3.63, 3.8) is 0 Å². The lowest BCUT2D eigenvalue weighted by Crippen LogP contribution is -2.20. The van der Waals surface area contributed by atoms with Crippen LogP contribution in [0.4, 0.5) is 13.2 Å². The number of thioether (sulfide) groups is 1. The van der Waals surface area contributed by atoms with E-state index in [1.807, 2.05) is 6.92 Å². The van der Waals surface area contributed by atoms with Crippen molar-refractivity contribution in [2.45, 2.75) is 18.9 Å². The predicted molar refractivity (Wildman–Crippen MR) is 50.8 cm³/mol. The van der Waals surface area contributed by atoms with Gasteiger partial charge < -0.3 is 5.32 Å². The number of rotatable bonds is 6. The first-order valence-corrected chi connectivity index (χ1v) is 4.96. The van der Waals surface area contributed by atoms with Crippen molar-refractivity contribution >= 4 is 11.8 Å². The van der Waals surface area contributed by atoms with E-state index in [1.54, 1.807) is 0 Å². The molecule has 0 unspecified atom stereocenters. The third kappa shape index (κ3) is 11.8. The zero-order valence-corrected chi connectivity index (χ0v) is 8.39. The van der Waals surface area contributed by atoms with Gasteiger partial charge in [-0.25, -0.2) is 0 Å². The molecule has 0 aliphatic heterocycles.